The van der Waals surface area contributed by atoms with Crippen LogP contribution < -0.4 is 5.32 Å². The van der Waals surface area contributed by atoms with E-state index in [-0.39, 0.29) is 5.54 Å². The second kappa shape index (κ2) is 5.00. The third kappa shape index (κ3) is 3.34. The van der Waals surface area contributed by atoms with Gasteiger partial charge in [-0.05, 0) is 41.0 Å². The van der Waals surface area contributed by atoms with Gasteiger partial charge in [-0.2, -0.15) is 5.10 Å². The molecule has 0 saturated carbocycles. The van der Waals surface area contributed by atoms with Crippen molar-refractivity contribution in [3.63, 3.8) is 0 Å². The molecule has 1 heterocycles. The number of hydrogen-bond acceptors (Lipinski definition) is 2. The standard InChI is InChI=1S/C13H25N3/c1-7-8-16-11(3)12(10(2)15-16)9-14-13(4,5)6/h14H,7-9H2,1-6H3. The van der Waals surface area contributed by atoms with Crippen LogP contribution in [-0.2, 0) is 13.1 Å². The van der Waals surface area contributed by atoms with Crippen LogP contribution in [0.15, 0.2) is 0 Å². The van der Waals surface area contributed by atoms with Gasteiger partial charge in [0.05, 0.1) is 5.69 Å². The van der Waals surface area contributed by atoms with Gasteiger partial charge in [0, 0.05) is 29.9 Å². The fourth-order valence-corrected chi connectivity index (χ4v) is 1.77. The lowest BCUT2D eigenvalue weighted by Gasteiger charge is -2.20. The SMILES string of the molecule is CCCn1nc(C)c(CNC(C)(C)C)c1C. The predicted octanol–water partition coefficient (Wildman–Crippen LogP) is 2.80. The summed E-state index contributed by atoms with van der Waals surface area (Å²) in [6.07, 6.45) is 1.13. The molecule has 1 aromatic rings. The lowest BCUT2D eigenvalue weighted by atomic mass is 10.1. The van der Waals surface area contributed by atoms with E-state index in [2.05, 4.69) is 56.6 Å². The Balaban J connectivity index is 2.80. The molecule has 0 aliphatic rings. The van der Waals surface area contributed by atoms with E-state index in [9.17, 15) is 0 Å². The maximum Gasteiger partial charge on any atom is 0.0641 e. The van der Waals surface area contributed by atoms with Gasteiger partial charge in [-0.15, -0.1) is 0 Å². The molecule has 16 heavy (non-hydrogen) atoms. The topological polar surface area (TPSA) is 29.9 Å². The Bertz CT molecular complexity index is 345. The average molecular weight is 223 g/mol. The molecule has 3 heteroatoms. The number of hydrogen-bond donors (Lipinski definition) is 1. The summed E-state index contributed by atoms with van der Waals surface area (Å²) in [5, 5.41) is 8.10. The van der Waals surface area contributed by atoms with Gasteiger partial charge in [0.25, 0.3) is 0 Å². The largest absolute Gasteiger partial charge is 0.308 e. The molecule has 0 atom stereocenters. The van der Waals surface area contributed by atoms with E-state index in [0.717, 1.165) is 25.2 Å². The van der Waals surface area contributed by atoms with Crippen molar-refractivity contribution in [3.8, 4) is 0 Å². The van der Waals surface area contributed by atoms with Crippen molar-refractivity contribution < 1.29 is 0 Å². The zero-order valence-electron chi connectivity index (χ0n) is 11.5. The van der Waals surface area contributed by atoms with Gasteiger partial charge in [0.1, 0.15) is 0 Å². The summed E-state index contributed by atoms with van der Waals surface area (Å²) in [6, 6.07) is 0. The molecule has 0 aliphatic heterocycles. The van der Waals surface area contributed by atoms with Gasteiger partial charge in [-0.25, -0.2) is 0 Å². The highest BCUT2D eigenvalue weighted by atomic mass is 15.3. The second-order valence-electron chi connectivity index (χ2n) is 5.48. The van der Waals surface area contributed by atoms with Crippen LogP contribution in [0.3, 0.4) is 0 Å². The maximum absolute atomic E-state index is 4.58. The number of nitrogens with zero attached hydrogens (tertiary/aromatic N) is 2. The van der Waals surface area contributed by atoms with Gasteiger partial charge in [0.15, 0.2) is 0 Å². The summed E-state index contributed by atoms with van der Waals surface area (Å²) in [5.41, 5.74) is 3.97. The highest BCUT2D eigenvalue weighted by molar-refractivity contribution is 5.24. The van der Waals surface area contributed by atoms with E-state index >= 15 is 0 Å². The third-order valence-electron chi connectivity index (χ3n) is 2.76. The first-order valence-electron chi connectivity index (χ1n) is 6.13. The van der Waals surface area contributed by atoms with Crippen LogP contribution in [-0.4, -0.2) is 15.3 Å². The summed E-state index contributed by atoms with van der Waals surface area (Å²) in [5.74, 6) is 0. The van der Waals surface area contributed by atoms with E-state index in [4.69, 9.17) is 0 Å². The van der Waals surface area contributed by atoms with Crippen LogP contribution in [0, 0.1) is 13.8 Å². The number of rotatable bonds is 4. The molecule has 0 unspecified atom stereocenters. The molecule has 92 valence electrons. The molecule has 0 amide bonds. The van der Waals surface area contributed by atoms with Crippen LogP contribution in [0.25, 0.3) is 0 Å². The van der Waals surface area contributed by atoms with Gasteiger partial charge in [-0.3, -0.25) is 4.68 Å². The Labute approximate surface area is 99.2 Å². The van der Waals surface area contributed by atoms with Gasteiger partial charge < -0.3 is 5.32 Å². The lowest BCUT2D eigenvalue weighted by Crippen LogP contribution is -2.35. The molecule has 3 nitrogen and oxygen atoms in total. The van der Waals surface area contributed by atoms with Crippen molar-refractivity contribution in [3.05, 3.63) is 17.0 Å². The van der Waals surface area contributed by atoms with Crippen LogP contribution in [0.5, 0.6) is 0 Å². The Morgan fingerprint density at radius 3 is 2.38 bits per heavy atom. The smallest absolute Gasteiger partial charge is 0.0641 e. The van der Waals surface area contributed by atoms with E-state index in [1.807, 2.05) is 0 Å². The molecule has 0 saturated heterocycles. The van der Waals surface area contributed by atoms with Gasteiger partial charge in [-0.1, -0.05) is 6.92 Å². The quantitative estimate of drug-likeness (QED) is 0.850. The van der Waals surface area contributed by atoms with Crippen LogP contribution in [0.4, 0.5) is 0 Å². The molecule has 0 fully saturated rings. The monoisotopic (exact) mass is 223 g/mol. The Hall–Kier alpha value is -0.830. The Morgan fingerprint density at radius 2 is 1.88 bits per heavy atom. The predicted molar refractivity (Wildman–Crippen MR) is 68.6 cm³/mol. The zero-order chi connectivity index (χ0) is 12.3. The minimum Gasteiger partial charge on any atom is -0.308 e. The van der Waals surface area contributed by atoms with Crippen molar-refractivity contribution >= 4 is 0 Å². The van der Waals surface area contributed by atoms with Crippen molar-refractivity contribution in [2.75, 3.05) is 0 Å². The summed E-state index contributed by atoms with van der Waals surface area (Å²) in [7, 11) is 0. The molecular formula is C13H25N3. The molecule has 0 aliphatic carbocycles. The summed E-state index contributed by atoms with van der Waals surface area (Å²) >= 11 is 0. The number of aromatic nitrogens is 2. The fraction of sp³-hybridized carbons (Fsp3) is 0.769. The van der Waals surface area contributed by atoms with Crippen molar-refractivity contribution in [2.24, 2.45) is 0 Å². The molecule has 1 N–H and O–H groups in total. The van der Waals surface area contributed by atoms with E-state index in [1.54, 1.807) is 0 Å². The maximum atomic E-state index is 4.58. The fourth-order valence-electron chi connectivity index (χ4n) is 1.77. The van der Waals surface area contributed by atoms with Crippen LogP contribution >= 0.6 is 0 Å². The molecule has 1 aromatic heterocycles. The minimum absolute atomic E-state index is 0.158. The average Bonchev–Trinajstić information content (AvgIpc) is 2.39. The summed E-state index contributed by atoms with van der Waals surface area (Å²) < 4.78 is 2.12. The Kier molecular flexibility index (Phi) is 4.14. The molecule has 0 aromatic carbocycles. The van der Waals surface area contributed by atoms with Gasteiger partial charge in [0.2, 0.25) is 0 Å². The summed E-state index contributed by atoms with van der Waals surface area (Å²) in [6.45, 7) is 14.9. The van der Waals surface area contributed by atoms with Crippen LogP contribution in [0.2, 0.25) is 0 Å². The zero-order valence-corrected chi connectivity index (χ0v) is 11.5. The van der Waals surface area contributed by atoms with E-state index in [0.29, 0.717) is 0 Å². The number of aryl methyl sites for hydroxylation is 2. The first kappa shape index (κ1) is 13.2. The molecule has 0 radical (unpaired) electrons. The molecule has 0 bridgehead atoms. The van der Waals surface area contributed by atoms with E-state index in [1.165, 1.54) is 11.3 Å². The second-order valence-corrected chi connectivity index (χ2v) is 5.48. The molecule has 0 spiro atoms. The van der Waals surface area contributed by atoms with Crippen molar-refractivity contribution in [1.29, 1.82) is 0 Å². The highest BCUT2D eigenvalue weighted by Crippen LogP contribution is 2.14. The first-order chi connectivity index (χ1) is 7.35. The molecular weight excluding hydrogens is 198 g/mol. The normalized spacial score (nSPS) is 12.1. The van der Waals surface area contributed by atoms with Gasteiger partial charge >= 0.3 is 0 Å². The number of nitrogens with one attached hydrogen (secondary N) is 1. The first-order valence-corrected chi connectivity index (χ1v) is 6.13. The minimum atomic E-state index is 0.158. The summed E-state index contributed by atoms with van der Waals surface area (Å²) in [4.78, 5) is 0. The Morgan fingerprint density at radius 1 is 1.25 bits per heavy atom. The lowest BCUT2D eigenvalue weighted by molar-refractivity contribution is 0.423. The molecule has 1 rings (SSSR count). The third-order valence-corrected chi connectivity index (χ3v) is 2.76. The van der Waals surface area contributed by atoms with E-state index < -0.39 is 0 Å². The van der Waals surface area contributed by atoms with Crippen molar-refractivity contribution in [2.45, 2.75) is 66.6 Å². The van der Waals surface area contributed by atoms with Crippen molar-refractivity contribution in [1.82, 2.24) is 15.1 Å². The van der Waals surface area contributed by atoms with Crippen LogP contribution in [0.1, 0.15) is 51.1 Å². The highest BCUT2D eigenvalue weighted by Gasteiger charge is 2.14.